The SMILES string of the molecule is CCN(C)C(=O)CNC(=O)N1CCCC(C)C1C(=O)O. The lowest BCUT2D eigenvalue weighted by molar-refractivity contribution is -0.145. The highest BCUT2D eigenvalue weighted by Crippen LogP contribution is 2.23. The number of hydrogen-bond acceptors (Lipinski definition) is 3. The summed E-state index contributed by atoms with van der Waals surface area (Å²) in [6, 6.07) is -1.30. The molecule has 114 valence electrons. The normalized spacial score (nSPS) is 22.2. The van der Waals surface area contributed by atoms with Crippen LogP contribution in [0.4, 0.5) is 4.79 Å². The Hall–Kier alpha value is -1.79. The van der Waals surface area contributed by atoms with Crippen molar-refractivity contribution in [3.05, 3.63) is 0 Å². The Bertz CT molecular complexity index is 386. The predicted octanol–water partition coefficient (Wildman–Crippen LogP) is 0.359. The molecular formula is C13H23N3O4. The van der Waals surface area contributed by atoms with Gasteiger partial charge >= 0.3 is 12.0 Å². The van der Waals surface area contributed by atoms with E-state index in [1.165, 1.54) is 9.80 Å². The van der Waals surface area contributed by atoms with Crippen molar-refractivity contribution in [1.82, 2.24) is 15.1 Å². The van der Waals surface area contributed by atoms with E-state index < -0.39 is 18.0 Å². The molecule has 2 N–H and O–H groups in total. The van der Waals surface area contributed by atoms with Crippen LogP contribution in [0.1, 0.15) is 26.7 Å². The van der Waals surface area contributed by atoms with Crippen molar-refractivity contribution >= 4 is 17.9 Å². The maximum Gasteiger partial charge on any atom is 0.326 e. The van der Waals surface area contributed by atoms with Crippen molar-refractivity contribution in [2.24, 2.45) is 5.92 Å². The van der Waals surface area contributed by atoms with E-state index in [1.807, 2.05) is 13.8 Å². The molecule has 0 aromatic rings. The number of aliphatic carboxylic acids is 1. The molecule has 0 aliphatic carbocycles. The number of urea groups is 1. The van der Waals surface area contributed by atoms with Gasteiger partial charge in [0.05, 0.1) is 6.54 Å². The number of hydrogen-bond donors (Lipinski definition) is 2. The van der Waals surface area contributed by atoms with Crippen molar-refractivity contribution < 1.29 is 19.5 Å². The quantitative estimate of drug-likeness (QED) is 0.780. The number of likely N-dealkylation sites (tertiary alicyclic amines) is 1. The highest BCUT2D eigenvalue weighted by atomic mass is 16.4. The Morgan fingerprint density at radius 2 is 2.05 bits per heavy atom. The van der Waals surface area contributed by atoms with Crippen LogP contribution in [0.5, 0.6) is 0 Å². The van der Waals surface area contributed by atoms with Gasteiger partial charge in [-0.15, -0.1) is 0 Å². The Morgan fingerprint density at radius 1 is 1.40 bits per heavy atom. The third kappa shape index (κ3) is 3.85. The molecule has 0 aromatic carbocycles. The highest BCUT2D eigenvalue weighted by molar-refractivity contribution is 5.86. The first kappa shape index (κ1) is 16.3. The lowest BCUT2D eigenvalue weighted by Gasteiger charge is -2.37. The van der Waals surface area contributed by atoms with Crippen LogP contribution in [0.25, 0.3) is 0 Å². The van der Waals surface area contributed by atoms with Crippen molar-refractivity contribution in [2.45, 2.75) is 32.7 Å². The summed E-state index contributed by atoms with van der Waals surface area (Å²) in [5.74, 6) is -1.27. The summed E-state index contributed by atoms with van der Waals surface area (Å²) in [5.41, 5.74) is 0. The van der Waals surface area contributed by atoms with Gasteiger partial charge in [0.1, 0.15) is 6.04 Å². The van der Waals surface area contributed by atoms with E-state index in [9.17, 15) is 19.5 Å². The van der Waals surface area contributed by atoms with Gasteiger partial charge in [-0.2, -0.15) is 0 Å². The van der Waals surface area contributed by atoms with Crippen molar-refractivity contribution in [2.75, 3.05) is 26.7 Å². The van der Waals surface area contributed by atoms with Gasteiger partial charge in [-0.05, 0) is 25.7 Å². The topological polar surface area (TPSA) is 90.0 Å². The minimum absolute atomic E-state index is 0.0824. The fraction of sp³-hybridized carbons (Fsp3) is 0.769. The van der Waals surface area contributed by atoms with Crippen LogP contribution in [-0.4, -0.2) is 65.5 Å². The summed E-state index contributed by atoms with van der Waals surface area (Å²) in [4.78, 5) is 37.8. The minimum atomic E-state index is -0.996. The third-order valence-corrected chi connectivity index (χ3v) is 3.74. The lowest BCUT2D eigenvalue weighted by Crippen LogP contribution is -2.56. The molecule has 0 aromatic heterocycles. The Morgan fingerprint density at radius 3 is 2.60 bits per heavy atom. The Kier molecular flexibility index (Phi) is 5.79. The number of carboxylic acids is 1. The summed E-state index contributed by atoms with van der Waals surface area (Å²) >= 11 is 0. The molecule has 0 radical (unpaired) electrons. The molecule has 1 aliphatic heterocycles. The first-order valence-corrected chi connectivity index (χ1v) is 6.89. The van der Waals surface area contributed by atoms with Crippen LogP contribution >= 0.6 is 0 Å². The molecule has 1 saturated heterocycles. The number of likely N-dealkylation sites (N-methyl/N-ethyl adjacent to an activating group) is 1. The number of nitrogens with zero attached hydrogens (tertiary/aromatic N) is 2. The lowest BCUT2D eigenvalue weighted by atomic mass is 9.91. The number of rotatable bonds is 4. The average Bonchev–Trinajstić information content (AvgIpc) is 2.42. The molecule has 2 unspecified atom stereocenters. The summed E-state index contributed by atoms with van der Waals surface area (Å²) in [7, 11) is 1.65. The second-order valence-corrected chi connectivity index (χ2v) is 5.16. The largest absolute Gasteiger partial charge is 0.480 e. The standard InChI is InChI=1S/C13H23N3O4/c1-4-15(3)10(17)8-14-13(20)16-7-5-6-9(2)11(16)12(18)19/h9,11H,4-8H2,1-3H3,(H,14,20)(H,18,19). The van der Waals surface area contributed by atoms with Crippen molar-refractivity contribution in [1.29, 1.82) is 0 Å². The highest BCUT2D eigenvalue weighted by Gasteiger charge is 2.37. The van der Waals surface area contributed by atoms with E-state index >= 15 is 0 Å². The molecule has 20 heavy (non-hydrogen) atoms. The number of carbonyl (C=O) groups is 3. The van der Waals surface area contributed by atoms with Gasteiger partial charge in [-0.25, -0.2) is 9.59 Å². The van der Waals surface area contributed by atoms with Gasteiger partial charge in [0, 0.05) is 20.1 Å². The number of carboxylic acid groups (broad SMARTS) is 1. The molecule has 0 spiro atoms. The zero-order valence-electron chi connectivity index (χ0n) is 12.3. The molecule has 0 bridgehead atoms. The van der Waals surface area contributed by atoms with Gasteiger partial charge in [0.15, 0.2) is 0 Å². The van der Waals surface area contributed by atoms with E-state index in [4.69, 9.17) is 0 Å². The van der Waals surface area contributed by atoms with Crippen LogP contribution in [0.3, 0.4) is 0 Å². The van der Waals surface area contributed by atoms with E-state index in [0.717, 1.165) is 12.8 Å². The summed E-state index contributed by atoms with van der Waals surface area (Å²) < 4.78 is 0. The van der Waals surface area contributed by atoms with Crippen LogP contribution in [0.2, 0.25) is 0 Å². The molecule has 1 heterocycles. The van der Waals surface area contributed by atoms with Crippen LogP contribution in [0.15, 0.2) is 0 Å². The number of nitrogens with one attached hydrogen (secondary N) is 1. The van der Waals surface area contributed by atoms with Gasteiger partial charge in [0.2, 0.25) is 5.91 Å². The smallest absolute Gasteiger partial charge is 0.326 e. The Labute approximate surface area is 118 Å². The molecule has 7 nitrogen and oxygen atoms in total. The van der Waals surface area contributed by atoms with Crippen molar-refractivity contribution in [3.63, 3.8) is 0 Å². The fourth-order valence-electron chi connectivity index (χ4n) is 2.36. The van der Waals surface area contributed by atoms with E-state index in [2.05, 4.69) is 5.32 Å². The second-order valence-electron chi connectivity index (χ2n) is 5.16. The van der Waals surface area contributed by atoms with Gasteiger partial charge in [-0.1, -0.05) is 6.92 Å². The molecular weight excluding hydrogens is 262 g/mol. The van der Waals surface area contributed by atoms with Gasteiger partial charge in [0.25, 0.3) is 0 Å². The monoisotopic (exact) mass is 285 g/mol. The minimum Gasteiger partial charge on any atom is -0.480 e. The van der Waals surface area contributed by atoms with Gasteiger partial charge < -0.3 is 20.2 Å². The second kappa shape index (κ2) is 7.12. The van der Waals surface area contributed by atoms with Crippen LogP contribution < -0.4 is 5.32 Å². The molecule has 1 fully saturated rings. The molecule has 3 amide bonds. The van der Waals surface area contributed by atoms with E-state index in [1.54, 1.807) is 7.05 Å². The number of amides is 3. The first-order chi connectivity index (χ1) is 9.38. The number of carbonyl (C=O) groups excluding carboxylic acids is 2. The maximum absolute atomic E-state index is 12.1. The van der Waals surface area contributed by atoms with E-state index in [0.29, 0.717) is 13.1 Å². The predicted molar refractivity (Wildman–Crippen MR) is 73.2 cm³/mol. The number of piperidine rings is 1. The van der Waals surface area contributed by atoms with Crippen molar-refractivity contribution in [3.8, 4) is 0 Å². The first-order valence-electron chi connectivity index (χ1n) is 6.89. The molecule has 7 heteroatoms. The van der Waals surface area contributed by atoms with E-state index in [-0.39, 0.29) is 18.4 Å². The zero-order chi connectivity index (χ0) is 15.3. The van der Waals surface area contributed by atoms with Gasteiger partial charge in [-0.3, -0.25) is 4.79 Å². The molecule has 0 saturated carbocycles. The summed E-state index contributed by atoms with van der Waals surface area (Å²) in [6.07, 6.45) is 1.57. The average molecular weight is 285 g/mol. The maximum atomic E-state index is 12.1. The summed E-state index contributed by atoms with van der Waals surface area (Å²) in [6.45, 7) is 4.53. The zero-order valence-corrected chi connectivity index (χ0v) is 12.3. The van der Waals surface area contributed by atoms with Crippen LogP contribution in [-0.2, 0) is 9.59 Å². The fourth-order valence-corrected chi connectivity index (χ4v) is 2.36. The Balaban J connectivity index is 2.61. The van der Waals surface area contributed by atoms with Crippen LogP contribution in [0, 0.1) is 5.92 Å². The molecule has 1 rings (SSSR count). The molecule has 2 atom stereocenters. The molecule has 1 aliphatic rings. The third-order valence-electron chi connectivity index (χ3n) is 3.74. The summed E-state index contributed by atoms with van der Waals surface area (Å²) in [5, 5.41) is 11.7.